The summed E-state index contributed by atoms with van der Waals surface area (Å²) in [6.45, 7) is 0. The van der Waals surface area contributed by atoms with Crippen LogP contribution in [-0.2, 0) is 0 Å². The van der Waals surface area contributed by atoms with Crippen LogP contribution in [-0.4, -0.2) is 21.1 Å². The Labute approximate surface area is 675 Å². The molecule has 0 bridgehead atoms. The molecule has 0 fully saturated rings. The fourth-order valence-corrected chi connectivity index (χ4v) is 15.4. The van der Waals surface area contributed by atoms with E-state index in [-0.39, 0.29) is 0 Å². The van der Waals surface area contributed by atoms with E-state index in [2.05, 4.69) is 506 Å². The van der Waals surface area contributed by atoms with E-state index in [1.165, 1.54) is 105 Å². The van der Waals surface area contributed by atoms with Gasteiger partial charge in [-0.15, -0.1) is 0 Å². The third-order valence-electron chi connectivity index (χ3n) is 21.6. The molecule has 19 aromatic rings. The van der Waals surface area contributed by atoms with Crippen LogP contribution >= 0.6 is 0 Å². The third-order valence-corrected chi connectivity index (χ3v) is 21.6. The largest absolute Gasteiger partial charge is 0.345 e. The molecule has 0 unspecified atom stereocenters. The summed E-state index contributed by atoms with van der Waals surface area (Å²) < 4.78 is 0. The first-order valence-electron chi connectivity index (χ1n) is 39.2. The molecule has 0 aliphatic carbocycles. The number of rotatable bonds is 18. The summed E-state index contributed by atoms with van der Waals surface area (Å²) in [6, 6.07) is 166. The summed E-state index contributed by atoms with van der Waals surface area (Å²) in [7, 11) is 6.34. The molecule has 0 saturated carbocycles. The van der Waals surface area contributed by atoms with Gasteiger partial charge in [0.2, 0.25) is 0 Å². The minimum absolute atomic E-state index is 1.13. The summed E-state index contributed by atoms with van der Waals surface area (Å²) in [5.74, 6) is 0. The maximum absolute atomic E-state index is 2.34. The molecular formula is C109H86N6. The Bertz CT molecular complexity index is 6390. The minimum Gasteiger partial charge on any atom is -0.345 e. The summed E-state index contributed by atoms with van der Waals surface area (Å²) in [5, 5.41) is 9.92. The number of hydrogen-bond donors (Lipinski definition) is 0. The van der Waals surface area contributed by atoms with Gasteiger partial charge in [0.05, 0.1) is 11.4 Å². The van der Waals surface area contributed by atoms with Gasteiger partial charge in [-0.25, -0.2) is 0 Å². The first-order chi connectivity index (χ1) is 56.8. The number of para-hydroxylation sites is 5. The first-order valence-corrected chi connectivity index (χ1v) is 39.2. The van der Waals surface area contributed by atoms with E-state index < -0.39 is 0 Å². The van der Waals surface area contributed by atoms with Crippen LogP contribution in [0, 0.1) is 0 Å². The fourth-order valence-electron chi connectivity index (χ4n) is 15.4. The first kappa shape index (κ1) is 72.9. The second-order valence-corrected chi connectivity index (χ2v) is 28.7. The molecule has 0 saturated heterocycles. The number of fused-ring (bicyclic) bond motifs is 4. The van der Waals surface area contributed by atoms with Crippen molar-refractivity contribution in [1.82, 2.24) is 0 Å². The number of nitrogens with zero attached hydrogens (tertiary/aromatic N) is 6. The Morgan fingerprint density at radius 2 is 0.348 bits per heavy atom. The van der Waals surface area contributed by atoms with E-state index in [9.17, 15) is 0 Å². The normalized spacial score (nSPS) is 10.9. The number of hydrogen-bond acceptors (Lipinski definition) is 6. The lowest BCUT2D eigenvalue weighted by atomic mass is 10.0. The zero-order valence-electron chi connectivity index (χ0n) is 64.6. The Morgan fingerprint density at radius 3 is 0.696 bits per heavy atom. The molecule has 0 aliphatic rings. The van der Waals surface area contributed by atoms with Gasteiger partial charge >= 0.3 is 0 Å². The predicted molar refractivity (Wildman–Crippen MR) is 493 cm³/mol. The third kappa shape index (κ3) is 16.2. The van der Waals surface area contributed by atoms with Gasteiger partial charge in [0.25, 0.3) is 0 Å². The topological polar surface area (TPSA) is 19.4 Å². The van der Waals surface area contributed by atoms with Crippen molar-refractivity contribution < 1.29 is 0 Å². The predicted octanol–water partition coefficient (Wildman–Crippen LogP) is 30.4. The SMILES string of the molecule is CN(c1ccc(-c2ccc(N(c3ccccc3)c3cccc4ccccc34)cc2)cc1)c1cccc2ccccc12.CN(c1ccccc1)c1ccc(-c2ccc(N(c3ccccc3)c3ccc4ccccc4c3)cc2)cc1.CN(c1ccccc1)c1ccc(-c2ccc(N(c3ccccc3)c3cccc4ccccc34)cc2)cc1. The fraction of sp³-hybridized carbons (Fsp3) is 0.0275. The average Bonchev–Trinajstić information content (AvgIpc) is 0.789. The van der Waals surface area contributed by atoms with Gasteiger partial charge in [-0.1, -0.05) is 303 Å². The highest BCUT2D eigenvalue weighted by atomic mass is 15.2. The molecule has 0 spiro atoms. The van der Waals surface area contributed by atoms with Crippen molar-refractivity contribution in [1.29, 1.82) is 0 Å². The maximum Gasteiger partial charge on any atom is 0.0540 e. The van der Waals surface area contributed by atoms with Crippen molar-refractivity contribution in [2.45, 2.75) is 0 Å². The van der Waals surface area contributed by atoms with E-state index >= 15 is 0 Å². The molecule has 0 aromatic heterocycles. The van der Waals surface area contributed by atoms with Crippen LogP contribution in [0.25, 0.3) is 76.5 Å². The van der Waals surface area contributed by atoms with Crippen LogP contribution < -0.4 is 29.4 Å². The van der Waals surface area contributed by atoms with Crippen LogP contribution in [0.15, 0.2) is 467 Å². The van der Waals surface area contributed by atoms with Crippen LogP contribution in [0.2, 0.25) is 0 Å². The van der Waals surface area contributed by atoms with Crippen LogP contribution in [0.3, 0.4) is 0 Å². The number of anilines is 15. The Morgan fingerprint density at radius 1 is 0.130 bits per heavy atom. The summed E-state index contributed by atoms with van der Waals surface area (Å²) >= 11 is 0. The van der Waals surface area contributed by atoms with Crippen molar-refractivity contribution in [2.75, 3.05) is 50.5 Å². The van der Waals surface area contributed by atoms with E-state index in [4.69, 9.17) is 0 Å². The van der Waals surface area contributed by atoms with Crippen molar-refractivity contribution in [2.24, 2.45) is 0 Å². The van der Waals surface area contributed by atoms with Crippen molar-refractivity contribution >= 4 is 128 Å². The van der Waals surface area contributed by atoms with Gasteiger partial charge in [-0.2, -0.15) is 0 Å². The minimum atomic E-state index is 1.13. The van der Waals surface area contributed by atoms with Gasteiger partial charge in [0.15, 0.2) is 0 Å². The van der Waals surface area contributed by atoms with Crippen LogP contribution in [0.1, 0.15) is 0 Å². The highest BCUT2D eigenvalue weighted by molar-refractivity contribution is 6.01. The van der Waals surface area contributed by atoms with Crippen LogP contribution in [0.4, 0.5) is 85.3 Å². The smallest absolute Gasteiger partial charge is 0.0540 e. The second-order valence-electron chi connectivity index (χ2n) is 28.7. The lowest BCUT2D eigenvalue weighted by Gasteiger charge is -2.27. The summed E-state index contributed by atoms with van der Waals surface area (Å²) in [6.07, 6.45) is 0. The molecule has 552 valence electrons. The summed E-state index contributed by atoms with van der Waals surface area (Å²) in [4.78, 5) is 13.7. The Hall–Kier alpha value is -15.0. The van der Waals surface area contributed by atoms with Gasteiger partial charge < -0.3 is 29.4 Å². The van der Waals surface area contributed by atoms with Gasteiger partial charge in [0, 0.05) is 111 Å². The molecule has 115 heavy (non-hydrogen) atoms. The van der Waals surface area contributed by atoms with Crippen molar-refractivity contribution in [3.05, 3.63) is 467 Å². The average molecular weight is 1480 g/mol. The van der Waals surface area contributed by atoms with E-state index in [1.54, 1.807) is 0 Å². The highest BCUT2D eigenvalue weighted by Crippen LogP contribution is 2.44. The van der Waals surface area contributed by atoms with Gasteiger partial charge in [-0.05, 0) is 224 Å². The van der Waals surface area contributed by atoms with Crippen LogP contribution in [0.5, 0.6) is 0 Å². The zero-order valence-corrected chi connectivity index (χ0v) is 64.6. The van der Waals surface area contributed by atoms with Gasteiger partial charge in [0.1, 0.15) is 0 Å². The van der Waals surface area contributed by atoms with E-state index in [0.717, 1.165) is 56.9 Å². The molecule has 6 nitrogen and oxygen atoms in total. The lowest BCUT2D eigenvalue weighted by molar-refractivity contribution is 1.21. The standard InChI is InChI=1S/C39H30N2.2C35H28N2/c1-40(38-19-9-13-31-11-5-7-17-36(31)38)33-25-21-29(22-26-33)30-23-27-35(28-24-30)41(34-15-3-2-4-16-34)39-20-10-14-32-12-6-8-18-37(32)39;1-36(30-13-4-2-5-14-30)31-23-19-27(20-24-31)28-21-25-33(26-22-28)37(32-15-6-3-7-16-32)35-18-10-12-29-11-8-9-17-34(29)35;1-36(31-12-4-2-5-13-31)32-21-16-28(17-22-32)29-18-23-34(24-19-29)37(33-14-6-3-7-15-33)35-25-20-27-10-8-9-11-30(27)26-35/h2-28H,1H3;2*2-26H,1H3. The zero-order chi connectivity index (χ0) is 77.7. The molecule has 6 heteroatoms. The van der Waals surface area contributed by atoms with Crippen molar-refractivity contribution in [3.8, 4) is 33.4 Å². The molecule has 0 radical (unpaired) electrons. The Balaban J connectivity index is 0.000000125. The molecule has 0 heterocycles. The van der Waals surface area contributed by atoms with Gasteiger partial charge in [-0.3, -0.25) is 0 Å². The lowest BCUT2D eigenvalue weighted by Crippen LogP contribution is -2.10. The van der Waals surface area contributed by atoms with E-state index in [0.29, 0.717) is 0 Å². The maximum atomic E-state index is 2.34. The van der Waals surface area contributed by atoms with E-state index in [1.807, 2.05) is 12.1 Å². The number of benzene rings is 19. The quantitative estimate of drug-likeness (QED) is 0.0847. The molecule has 0 amide bonds. The summed E-state index contributed by atoms with van der Waals surface area (Å²) in [5.41, 5.74) is 24.5. The molecule has 0 N–H and O–H groups in total. The molecule has 0 atom stereocenters. The molecule has 19 rings (SSSR count). The molecule has 19 aromatic carbocycles. The second kappa shape index (κ2) is 34.1. The Kier molecular flexibility index (Phi) is 21.6. The highest BCUT2D eigenvalue weighted by Gasteiger charge is 2.20. The molecule has 0 aliphatic heterocycles. The monoisotopic (exact) mass is 1480 g/mol. The van der Waals surface area contributed by atoms with Crippen molar-refractivity contribution in [3.63, 3.8) is 0 Å². The molecular weight excluding hydrogens is 1390 g/mol.